The Hall–Kier alpha value is -2.51. The number of carbonyl (C=O) groups excluding carboxylic acids is 2. The van der Waals surface area contributed by atoms with Gasteiger partial charge in [0.25, 0.3) is 0 Å². The molecule has 0 radical (unpaired) electrons. The molecule has 2 aliphatic rings. The number of carbonyl (C=O) groups is 2. The van der Waals surface area contributed by atoms with Gasteiger partial charge >= 0.3 is 0 Å². The van der Waals surface area contributed by atoms with Gasteiger partial charge in [-0.1, -0.05) is 18.0 Å². The van der Waals surface area contributed by atoms with E-state index in [0.717, 1.165) is 31.7 Å². The van der Waals surface area contributed by atoms with E-state index in [0.29, 0.717) is 29.5 Å². The van der Waals surface area contributed by atoms with Crippen LogP contribution in [-0.4, -0.2) is 50.0 Å². The van der Waals surface area contributed by atoms with Gasteiger partial charge in [-0.2, -0.15) is 0 Å². The lowest BCUT2D eigenvalue weighted by Gasteiger charge is -2.33. The minimum atomic E-state index is -0.421. The second-order valence-corrected chi connectivity index (χ2v) is 8.53. The minimum Gasteiger partial charge on any atom is -0.495 e. The molecule has 7 nitrogen and oxygen atoms in total. The van der Waals surface area contributed by atoms with Crippen LogP contribution in [0.5, 0.6) is 5.75 Å². The second-order valence-electron chi connectivity index (χ2n) is 8.09. The molecule has 8 heteroatoms. The van der Waals surface area contributed by atoms with Gasteiger partial charge < -0.3 is 19.4 Å². The van der Waals surface area contributed by atoms with Crippen molar-refractivity contribution in [2.75, 3.05) is 38.2 Å². The highest BCUT2D eigenvalue weighted by molar-refractivity contribution is 6.31. The predicted molar refractivity (Wildman–Crippen MR) is 118 cm³/mol. The number of halogens is 1. The molecule has 0 aliphatic carbocycles. The lowest BCUT2D eigenvalue weighted by molar-refractivity contribution is -0.126. The van der Waals surface area contributed by atoms with Crippen molar-refractivity contribution in [1.82, 2.24) is 10.2 Å². The lowest BCUT2D eigenvalue weighted by atomic mass is 10.1. The highest BCUT2D eigenvalue weighted by Crippen LogP contribution is 2.35. The lowest BCUT2D eigenvalue weighted by Crippen LogP contribution is -2.42. The number of amides is 2. The molecule has 166 valence electrons. The zero-order chi connectivity index (χ0) is 21.8. The van der Waals surface area contributed by atoms with Crippen LogP contribution in [0.25, 0.3) is 0 Å². The summed E-state index contributed by atoms with van der Waals surface area (Å²) in [6, 6.07) is 8.97. The van der Waals surface area contributed by atoms with Crippen LogP contribution in [-0.2, 0) is 9.59 Å². The first-order valence-electron chi connectivity index (χ1n) is 10.8. The molecule has 1 N–H and O–H groups in total. The van der Waals surface area contributed by atoms with Crippen molar-refractivity contribution in [1.29, 1.82) is 0 Å². The number of ether oxygens (including phenoxy) is 1. The highest BCUT2D eigenvalue weighted by Gasteiger charge is 2.37. The number of likely N-dealkylation sites (tertiary alicyclic amines) is 1. The third-order valence-corrected chi connectivity index (χ3v) is 6.34. The molecule has 2 saturated heterocycles. The molecule has 1 aromatic carbocycles. The molecule has 2 unspecified atom stereocenters. The molecule has 2 aliphatic heterocycles. The average molecular weight is 446 g/mol. The molecule has 1 aromatic heterocycles. The standard InChI is InChI=1S/C23H28ClN3O4/c1-30-20-8-7-17(24)13-18(20)27-15-16(12-22(27)28)23(29)25-14-19(21-6-5-11-31-21)26-9-3-2-4-10-26/h5-8,11,13,16,19H,2-4,9-10,12,14-15H2,1H3,(H,25,29). The van der Waals surface area contributed by atoms with Crippen LogP contribution in [0.2, 0.25) is 5.02 Å². The van der Waals surface area contributed by atoms with Gasteiger partial charge in [-0.25, -0.2) is 0 Å². The van der Waals surface area contributed by atoms with Gasteiger partial charge in [-0.05, 0) is 56.3 Å². The van der Waals surface area contributed by atoms with Crippen LogP contribution in [0.15, 0.2) is 41.0 Å². The van der Waals surface area contributed by atoms with E-state index in [1.807, 2.05) is 12.1 Å². The van der Waals surface area contributed by atoms with Crippen molar-refractivity contribution >= 4 is 29.1 Å². The number of methoxy groups -OCH3 is 1. The van der Waals surface area contributed by atoms with Crippen molar-refractivity contribution < 1.29 is 18.7 Å². The molecular formula is C23H28ClN3O4. The molecule has 0 saturated carbocycles. The number of hydrogen-bond donors (Lipinski definition) is 1. The summed E-state index contributed by atoms with van der Waals surface area (Å²) >= 11 is 6.12. The predicted octanol–water partition coefficient (Wildman–Crippen LogP) is 3.64. The number of nitrogens with zero attached hydrogens (tertiary/aromatic N) is 2. The zero-order valence-corrected chi connectivity index (χ0v) is 18.4. The van der Waals surface area contributed by atoms with Gasteiger partial charge in [0, 0.05) is 24.5 Å². The Kier molecular flexibility index (Phi) is 6.83. The molecule has 2 fully saturated rings. The van der Waals surface area contributed by atoms with E-state index in [-0.39, 0.29) is 24.3 Å². The number of nitrogens with one attached hydrogen (secondary N) is 1. The number of benzene rings is 1. The van der Waals surface area contributed by atoms with Crippen LogP contribution >= 0.6 is 11.6 Å². The maximum atomic E-state index is 12.9. The normalized spacial score (nSPS) is 20.6. The Morgan fingerprint density at radius 1 is 1.29 bits per heavy atom. The third-order valence-electron chi connectivity index (χ3n) is 6.10. The summed E-state index contributed by atoms with van der Waals surface area (Å²) in [4.78, 5) is 29.6. The van der Waals surface area contributed by atoms with Gasteiger partial charge in [-0.3, -0.25) is 14.5 Å². The Morgan fingerprint density at radius 2 is 2.10 bits per heavy atom. The second kappa shape index (κ2) is 9.75. The molecule has 2 amide bonds. The van der Waals surface area contributed by atoms with E-state index in [9.17, 15) is 9.59 Å². The number of anilines is 1. The number of piperidine rings is 1. The first-order valence-corrected chi connectivity index (χ1v) is 11.1. The summed E-state index contributed by atoms with van der Waals surface area (Å²) in [7, 11) is 1.55. The molecule has 4 rings (SSSR count). The number of furan rings is 1. The van der Waals surface area contributed by atoms with Crippen molar-refractivity contribution in [2.24, 2.45) is 5.92 Å². The zero-order valence-electron chi connectivity index (χ0n) is 17.7. The highest BCUT2D eigenvalue weighted by atomic mass is 35.5. The monoisotopic (exact) mass is 445 g/mol. The molecule has 31 heavy (non-hydrogen) atoms. The summed E-state index contributed by atoms with van der Waals surface area (Å²) in [5.41, 5.74) is 0.595. The van der Waals surface area contributed by atoms with E-state index < -0.39 is 5.92 Å². The summed E-state index contributed by atoms with van der Waals surface area (Å²) < 4.78 is 11.0. The largest absolute Gasteiger partial charge is 0.495 e. The van der Waals surface area contributed by atoms with Gasteiger partial charge in [0.05, 0.1) is 31.0 Å². The maximum Gasteiger partial charge on any atom is 0.227 e. The Morgan fingerprint density at radius 3 is 2.81 bits per heavy atom. The summed E-state index contributed by atoms with van der Waals surface area (Å²) in [5.74, 6) is 0.760. The maximum absolute atomic E-state index is 12.9. The van der Waals surface area contributed by atoms with E-state index in [1.54, 1.807) is 36.5 Å². The molecule has 0 bridgehead atoms. The Labute approximate surface area is 187 Å². The van der Waals surface area contributed by atoms with E-state index >= 15 is 0 Å². The summed E-state index contributed by atoms with van der Waals surface area (Å²) in [6.07, 6.45) is 5.37. The van der Waals surface area contributed by atoms with Crippen LogP contribution in [0.1, 0.15) is 37.5 Å². The fraction of sp³-hybridized carbons (Fsp3) is 0.478. The number of rotatable bonds is 7. The van der Waals surface area contributed by atoms with Crippen molar-refractivity contribution in [3.63, 3.8) is 0 Å². The molecular weight excluding hydrogens is 418 g/mol. The molecule has 2 aromatic rings. The van der Waals surface area contributed by atoms with Crippen LogP contribution in [0.4, 0.5) is 5.69 Å². The van der Waals surface area contributed by atoms with Gasteiger partial charge in [0.2, 0.25) is 11.8 Å². The van der Waals surface area contributed by atoms with Crippen molar-refractivity contribution in [3.8, 4) is 5.75 Å². The minimum absolute atomic E-state index is 0.000446. The van der Waals surface area contributed by atoms with E-state index in [1.165, 1.54) is 6.42 Å². The van der Waals surface area contributed by atoms with Gasteiger partial charge in [0.1, 0.15) is 11.5 Å². The topological polar surface area (TPSA) is 75.0 Å². The quantitative estimate of drug-likeness (QED) is 0.704. The van der Waals surface area contributed by atoms with E-state index in [4.69, 9.17) is 20.8 Å². The summed E-state index contributed by atoms with van der Waals surface area (Å²) in [6.45, 7) is 2.74. The SMILES string of the molecule is COc1ccc(Cl)cc1N1CC(C(=O)NCC(c2ccco2)N2CCCCC2)CC1=O. The fourth-order valence-electron chi connectivity index (χ4n) is 4.45. The summed E-state index contributed by atoms with van der Waals surface area (Å²) in [5, 5.41) is 3.58. The molecule has 3 heterocycles. The Balaban J connectivity index is 1.42. The van der Waals surface area contributed by atoms with Crippen LogP contribution in [0, 0.1) is 5.92 Å². The average Bonchev–Trinajstić information content (AvgIpc) is 3.44. The van der Waals surface area contributed by atoms with Crippen molar-refractivity contribution in [2.45, 2.75) is 31.7 Å². The molecule has 2 atom stereocenters. The smallest absolute Gasteiger partial charge is 0.227 e. The Bertz CT molecular complexity index is 912. The third kappa shape index (κ3) is 4.88. The molecule has 0 spiro atoms. The van der Waals surface area contributed by atoms with Gasteiger partial charge in [-0.15, -0.1) is 0 Å². The van der Waals surface area contributed by atoms with Crippen LogP contribution < -0.4 is 15.0 Å². The fourth-order valence-corrected chi connectivity index (χ4v) is 4.62. The van der Waals surface area contributed by atoms with Gasteiger partial charge in [0.15, 0.2) is 0 Å². The van der Waals surface area contributed by atoms with Crippen LogP contribution in [0.3, 0.4) is 0 Å². The first kappa shape index (κ1) is 21.7. The van der Waals surface area contributed by atoms with Crippen molar-refractivity contribution in [3.05, 3.63) is 47.4 Å². The first-order chi connectivity index (χ1) is 15.1. The van der Waals surface area contributed by atoms with E-state index in [2.05, 4.69) is 10.2 Å². The number of hydrogen-bond acceptors (Lipinski definition) is 5.